The number of thiol groups is 1. The summed E-state index contributed by atoms with van der Waals surface area (Å²) < 4.78 is 0. The second-order valence-corrected chi connectivity index (χ2v) is 4.31. The maximum absolute atomic E-state index is 10.7. The number of nitrogens with zero attached hydrogens (tertiary/aromatic N) is 1. The number of hydrogen-bond donors (Lipinski definition) is 2. The second kappa shape index (κ2) is 2.64. The summed E-state index contributed by atoms with van der Waals surface area (Å²) in [4.78, 5) is 15.5. The second-order valence-electron chi connectivity index (χ2n) is 2.40. The summed E-state index contributed by atoms with van der Waals surface area (Å²) in [5.74, 6) is 0. The Labute approximate surface area is 72.1 Å². The molecule has 0 aromatic carbocycles. The molecule has 4 heteroatoms. The van der Waals surface area contributed by atoms with Gasteiger partial charge >= 0.3 is 5.30 Å². The molecule has 2 heterocycles. The highest BCUT2D eigenvalue weighted by Crippen LogP contribution is 2.45. The molecule has 2 rings (SSSR count). The van der Waals surface area contributed by atoms with Crippen LogP contribution < -0.4 is 0 Å². The molecule has 0 radical (unpaired) electrons. The van der Waals surface area contributed by atoms with Crippen LogP contribution in [0.5, 0.6) is 0 Å². The topological polar surface area (TPSA) is 50.2 Å². The molecule has 62 valence electrons. The number of aromatic nitrogens is 1. The predicted octanol–water partition coefficient (Wildman–Crippen LogP) is 2.10. The Morgan fingerprint density at radius 2 is 2.42 bits per heavy atom. The molecular weight excluding hydrogens is 174 g/mol. The normalized spacial score (nSPS) is 22.2. The maximum atomic E-state index is 10.7. The van der Waals surface area contributed by atoms with Gasteiger partial charge in [0, 0.05) is 17.3 Å². The van der Waals surface area contributed by atoms with Crippen molar-refractivity contribution in [1.29, 1.82) is 0 Å². The Balaban J connectivity index is 2.49. The Kier molecular flexibility index (Phi) is 1.62. The van der Waals surface area contributed by atoms with E-state index >= 15 is 0 Å². The van der Waals surface area contributed by atoms with Crippen LogP contribution in [0.4, 0.5) is 4.79 Å². The van der Waals surface area contributed by atoms with E-state index in [-0.39, 0.29) is 0 Å². The van der Waals surface area contributed by atoms with E-state index in [4.69, 9.17) is 5.11 Å². The van der Waals surface area contributed by atoms with Gasteiger partial charge in [0.05, 0.1) is 0 Å². The highest BCUT2D eigenvalue weighted by Gasteiger charge is 2.19. The van der Waals surface area contributed by atoms with Gasteiger partial charge in [-0.3, -0.25) is 4.98 Å². The third-order valence-corrected chi connectivity index (χ3v) is 3.45. The molecule has 1 aliphatic heterocycles. The minimum Gasteiger partial charge on any atom is -0.474 e. The van der Waals surface area contributed by atoms with Crippen molar-refractivity contribution in [3.8, 4) is 0 Å². The van der Waals surface area contributed by atoms with Crippen LogP contribution in [-0.4, -0.2) is 15.4 Å². The minimum absolute atomic E-state index is 0.756. The highest BCUT2D eigenvalue weighted by atomic mass is 32.2. The molecule has 3 nitrogen and oxygen atoms in total. The molecule has 0 saturated carbocycles. The Morgan fingerprint density at radius 1 is 1.58 bits per heavy atom. The number of fused-ring (bicyclic) bond motifs is 1. The Bertz CT molecular complexity index is 362. The fraction of sp³-hybridized carbons (Fsp3) is 0. The first-order valence-electron chi connectivity index (χ1n) is 3.43. The van der Waals surface area contributed by atoms with E-state index in [2.05, 4.69) is 4.98 Å². The van der Waals surface area contributed by atoms with Crippen LogP contribution in [0.15, 0.2) is 28.8 Å². The number of pyridine rings is 1. The molecule has 0 spiro atoms. The van der Waals surface area contributed by atoms with Crippen molar-refractivity contribution in [1.82, 2.24) is 4.98 Å². The molecule has 1 unspecified atom stereocenters. The molecule has 12 heavy (non-hydrogen) atoms. The van der Waals surface area contributed by atoms with Gasteiger partial charge in [0.25, 0.3) is 0 Å². The lowest BCUT2D eigenvalue weighted by Gasteiger charge is -2.07. The van der Waals surface area contributed by atoms with E-state index in [1.807, 2.05) is 12.1 Å². The number of carbonyl (C=O) groups is 1. The van der Waals surface area contributed by atoms with Crippen molar-refractivity contribution in [3.63, 3.8) is 0 Å². The summed E-state index contributed by atoms with van der Waals surface area (Å²) >= 11 is 0. The van der Waals surface area contributed by atoms with Crippen molar-refractivity contribution in [2.75, 3.05) is 0 Å². The zero-order chi connectivity index (χ0) is 8.55. The summed E-state index contributed by atoms with van der Waals surface area (Å²) in [6.07, 6.45) is 5.15. The Morgan fingerprint density at radius 3 is 3.17 bits per heavy atom. The molecule has 0 amide bonds. The van der Waals surface area contributed by atoms with Gasteiger partial charge in [-0.2, -0.15) is 0 Å². The smallest absolute Gasteiger partial charge is 0.352 e. The molecule has 1 N–H and O–H groups in total. The maximum Gasteiger partial charge on any atom is 0.352 e. The van der Waals surface area contributed by atoms with Crippen LogP contribution in [0.2, 0.25) is 0 Å². The van der Waals surface area contributed by atoms with Crippen LogP contribution in [0.3, 0.4) is 0 Å². The van der Waals surface area contributed by atoms with E-state index in [0.717, 1.165) is 10.5 Å². The van der Waals surface area contributed by atoms with Crippen LogP contribution >= 0.6 is 10.9 Å². The molecule has 1 aromatic rings. The summed E-state index contributed by atoms with van der Waals surface area (Å²) in [5.41, 5.74) is 0.985. The zero-order valence-electron chi connectivity index (χ0n) is 6.14. The van der Waals surface area contributed by atoms with Crippen molar-refractivity contribution in [2.24, 2.45) is 0 Å². The fourth-order valence-electron chi connectivity index (χ4n) is 1.14. The quantitative estimate of drug-likeness (QED) is 0.602. The minimum atomic E-state index is -1.15. The number of rotatable bonds is 0. The van der Waals surface area contributed by atoms with Crippen molar-refractivity contribution >= 4 is 22.3 Å². The van der Waals surface area contributed by atoms with Crippen LogP contribution in [-0.2, 0) is 0 Å². The standard InChI is InChI=1S/C8H7NO2S/c10-8(11)12-4-2-6-1-3-9-5-7(6)12/h1-5,12H,(H,10,11). The van der Waals surface area contributed by atoms with Gasteiger partial charge in [0.2, 0.25) is 0 Å². The van der Waals surface area contributed by atoms with E-state index in [0.29, 0.717) is 0 Å². The highest BCUT2D eigenvalue weighted by molar-refractivity contribution is 8.32. The molecule has 0 aliphatic carbocycles. The Hall–Kier alpha value is -1.29. The van der Waals surface area contributed by atoms with Crippen LogP contribution in [0.25, 0.3) is 6.08 Å². The van der Waals surface area contributed by atoms with Gasteiger partial charge in [-0.25, -0.2) is 4.79 Å². The largest absolute Gasteiger partial charge is 0.474 e. The predicted molar refractivity (Wildman–Crippen MR) is 48.5 cm³/mol. The SMILES string of the molecule is O=C(O)[SH]1C=Cc2ccncc21. The van der Waals surface area contributed by atoms with Crippen molar-refractivity contribution < 1.29 is 9.90 Å². The summed E-state index contributed by atoms with van der Waals surface area (Å²) in [6, 6.07) is 1.83. The fourth-order valence-corrected chi connectivity index (χ4v) is 2.56. The summed E-state index contributed by atoms with van der Waals surface area (Å²) in [5, 5.41) is 9.79. The molecule has 1 aliphatic rings. The van der Waals surface area contributed by atoms with Gasteiger partial charge in [-0.05, 0) is 23.1 Å². The first kappa shape index (κ1) is 7.36. The first-order valence-corrected chi connectivity index (χ1v) is 4.84. The van der Waals surface area contributed by atoms with Crippen LogP contribution in [0, 0.1) is 0 Å². The average molecular weight is 181 g/mol. The van der Waals surface area contributed by atoms with Gasteiger partial charge in [-0.15, -0.1) is 10.9 Å². The van der Waals surface area contributed by atoms with E-state index < -0.39 is 16.2 Å². The average Bonchev–Trinajstić information content (AvgIpc) is 2.47. The van der Waals surface area contributed by atoms with Gasteiger partial charge in [0.15, 0.2) is 0 Å². The van der Waals surface area contributed by atoms with Crippen LogP contribution in [0.1, 0.15) is 5.56 Å². The molecule has 0 saturated heterocycles. The monoisotopic (exact) mass is 181 g/mol. The lowest BCUT2D eigenvalue weighted by atomic mass is 10.3. The lowest BCUT2D eigenvalue weighted by molar-refractivity contribution is 0.222. The summed E-state index contributed by atoms with van der Waals surface area (Å²) in [6.45, 7) is 0. The third kappa shape index (κ3) is 1.00. The van der Waals surface area contributed by atoms with Crippen molar-refractivity contribution in [2.45, 2.75) is 4.90 Å². The molecule has 1 atom stereocenters. The first-order chi connectivity index (χ1) is 5.79. The lowest BCUT2D eigenvalue weighted by Crippen LogP contribution is -1.91. The molecule has 1 aromatic heterocycles. The molecule has 0 fully saturated rings. The van der Waals surface area contributed by atoms with E-state index in [1.165, 1.54) is 0 Å². The van der Waals surface area contributed by atoms with E-state index in [9.17, 15) is 4.79 Å². The number of hydrogen-bond acceptors (Lipinski definition) is 2. The van der Waals surface area contributed by atoms with Gasteiger partial charge in [-0.1, -0.05) is 0 Å². The van der Waals surface area contributed by atoms with E-state index in [1.54, 1.807) is 17.8 Å². The van der Waals surface area contributed by atoms with Crippen molar-refractivity contribution in [3.05, 3.63) is 29.4 Å². The molecule has 0 bridgehead atoms. The molecular formula is C8H7NO2S. The summed E-state index contributed by atoms with van der Waals surface area (Å²) in [7, 11) is -1.15. The number of carboxylic acid groups (broad SMARTS) is 1. The third-order valence-electron chi connectivity index (χ3n) is 1.70. The van der Waals surface area contributed by atoms with Gasteiger partial charge in [0.1, 0.15) is 0 Å². The zero-order valence-corrected chi connectivity index (χ0v) is 7.03. The van der Waals surface area contributed by atoms with Gasteiger partial charge < -0.3 is 5.11 Å².